The van der Waals surface area contributed by atoms with E-state index in [9.17, 15) is 4.79 Å². The van der Waals surface area contributed by atoms with Gasteiger partial charge in [0.1, 0.15) is 0 Å². The van der Waals surface area contributed by atoms with E-state index in [0.717, 1.165) is 32.5 Å². The molecule has 118 valence electrons. The Morgan fingerprint density at radius 3 is 2.60 bits per heavy atom. The third-order valence-electron chi connectivity index (χ3n) is 3.42. The lowest BCUT2D eigenvalue weighted by atomic mass is 9.95. The number of carboxylic acids is 1. The molecule has 0 aliphatic carbocycles. The van der Waals surface area contributed by atoms with E-state index >= 15 is 0 Å². The minimum atomic E-state index is -0.693. The molecule has 1 heterocycles. The maximum Gasteiger partial charge on any atom is 0.303 e. The second kappa shape index (κ2) is 11.0. The summed E-state index contributed by atoms with van der Waals surface area (Å²) in [6.07, 6.45) is 2.39. The minimum Gasteiger partial charge on any atom is -0.481 e. The fourth-order valence-corrected chi connectivity index (χ4v) is 2.43. The number of hydrogen-bond acceptors (Lipinski definition) is 5. The van der Waals surface area contributed by atoms with E-state index in [0.29, 0.717) is 39.0 Å². The molecular weight excluding hydrogens is 262 g/mol. The van der Waals surface area contributed by atoms with Crippen molar-refractivity contribution in [1.29, 1.82) is 0 Å². The molecule has 0 bridgehead atoms. The van der Waals surface area contributed by atoms with Crippen molar-refractivity contribution in [1.82, 2.24) is 4.90 Å². The second-order valence-corrected chi connectivity index (χ2v) is 5.12. The topological polar surface area (TPSA) is 68.2 Å². The first kappa shape index (κ1) is 17.4. The van der Waals surface area contributed by atoms with Gasteiger partial charge in [-0.25, -0.2) is 0 Å². The molecule has 0 spiro atoms. The molecule has 20 heavy (non-hydrogen) atoms. The molecule has 0 saturated carbocycles. The fourth-order valence-electron chi connectivity index (χ4n) is 2.43. The van der Waals surface area contributed by atoms with Crippen LogP contribution in [0.25, 0.3) is 0 Å². The molecule has 6 nitrogen and oxygen atoms in total. The number of nitrogens with zero attached hydrogens (tertiary/aromatic N) is 1. The highest BCUT2D eigenvalue weighted by Gasteiger charge is 2.21. The lowest BCUT2D eigenvalue weighted by Crippen LogP contribution is -2.38. The Morgan fingerprint density at radius 1 is 1.20 bits per heavy atom. The van der Waals surface area contributed by atoms with E-state index in [2.05, 4.69) is 4.90 Å². The van der Waals surface area contributed by atoms with Crippen LogP contribution in [-0.4, -0.2) is 75.8 Å². The molecule has 0 aromatic carbocycles. The SMILES string of the molecule is COCCOCCOCCN1CCCC(CC(=O)O)C1. The average molecular weight is 289 g/mol. The van der Waals surface area contributed by atoms with Crippen LogP contribution in [0.3, 0.4) is 0 Å². The van der Waals surface area contributed by atoms with Crippen molar-refractivity contribution in [2.45, 2.75) is 19.3 Å². The van der Waals surface area contributed by atoms with Gasteiger partial charge in [-0.2, -0.15) is 0 Å². The van der Waals surface area contributed by atoms with Gasteiger partial charge in [0.25, 0.3) is 0 Å². The molecule has 0 aromatic heterocycles. The summed E-state index contributed by atoms with van der Waals surface area (Å²) < 4.78 is 15.7. The number of aliphatic carboxylic acids is 1. The normalized spacial score (nSPS) is 20.1. The number of ether oxygens (including phenoxy) is 3. The number of methoxy groups -OCH3 is 1. The van der Waals surface area contributed by atoms with E-state index in [1.54, 1.807) is 7.11 Å². The van der Waals surface area contributed by atoms with E-state index in [4.69, 9.17) is 19.3 Å². The molecule has 1 aliphatic rings. The van der Waals surface area contributed by atoms with E-state index in [1.807, 2.05) is 0 Å². The van der Waals surface area contributed by atoms with Gasteiger partial charge in [-0.3, -0.25) is 4.79 Å². The molecule has 1 rings (SSSR count). The van der Waals surface area contributed by atoms with Gasteiger partial charge in [0.15, 0.2) is 0 Å². The van der Waals surface area contributed by atoms with Crippen LogP contribution in [0.1, 0.15) is 19.3 Å². The number of carboxylic acid groups (broad SMARTS) is 1. The number of piperidine rings is 1. The summed E-state index contributed by atoms with van der Waals surface area (Å²) >= 11 is 0. The van der Waals surface area contributed by atoms with Crippen LogP contribution in [0.5, 0.6) is 0 Å². The van der Waals surface area contributed by atoms with Crippen molar-refractivity contribution in [3.8, 4) is 0 Å². The van der Waals surface area contributed by atoms with Gasteiger partial charge in [0.2, 0.25) is 0 Å². The maximum atomic E-state index is 10.7. The fraction of sp³-hybridized carbons (Fsp3) is 0.929. The predicted molar refractivity (Wildman–Crippen MR) is 74.9 cm³/mol. The molecule has 0 radical (unpaired) electrons. The summed E-state index contributed by atoms with van der Waals surface area (Å²) in [5.74, 6) is -0.403. The van der Waals surface area contributed by atoms with Crippen LogP contribution >= 0.6 is 0 Å². The number of carbonyl (C=O) groups is 1. The summed E-state index contributed by atoms with van der Waals surface area (Å²) in [5, 5.41) is 8.82. The van der Waals surface area contributed by atoms with Gasteiger partial charge >= 0.3 is 5.97 Å². The monoisotopic (exact) mass is 289 g/mol. The van der Waals surface area contributed by atoms with Crippen molar-refractivity contribution >= 4 is 5.97 Å². The van der Waals surface area contributed by atoms with Crippen LogP contribution in [0.2, 0.25) is 0 Å². The van der Waals surface area contributed by atoms with Crippen molar-refractivity contribution < 1.29 is 24.1 Å². The molecule has 1 fully saturated rings. The highest BCUT2D eigenvalue weighted by Crippen LogP contribution is 2.19. The van der Waals surface area contributed by atoms with Crippen LogP contribution < -0.4 is 0 Å². The molecule has 0 amide bonds. The standard InChI is InChI=1S/C14H27NO5/c1-18-7-8-20-10-9-19-6-5-15-4-2-3-13(12-15)11-14(16)17/h13H,2-12H2,1H3,(H,16,17). The Hall–Kier alpha value is -0.690. The van der Waals surface area contributed by atoms with Crippen molar-refractivity contribution in [3.63, 3.8) is 0 Å². The lowest BCUT2D eigenvalue weighted by Gasteiger charge is -2.31. The number of rotatable bonds is 11. The largest absolute Gasteiger partial charge is 0.481 e. The average Bonchev–Trinajstić information content (AvgIpc) is 2.41. The summed E-state index contributed by atoms with van der Waals surface area (Å²) in [5.41, 5.74) is 0. The van der Waals surface area contributed by atoms with E-state index in [1.165, 1.54) is 0 Å². The van der Waals surface area contributed by atoms with Crippen molar-refractivity contribution in [2.24, 2.45) is 5.92 Å². The molecule has 1 atom stereocenters. The summed E-state index contributed by atoms with van der Waals surface area (Å²) in [6, 6.07) is 0. The van der Waals surface area contributed by atoms with Crippen LogP contribution in [-0.2, 0) is 19.0 Å². The van der Waals surface area contributed by atoms with Crippen LogP contribution in [0, 0.1) is 5.92 Å². The summed E-state index contributed by atoms with van der Waals surface area (Å²) in [4.78, 5) is 13.0. The smallest absolute Gasteiger partial charge is 0.303 e. The molecule has 0 aromatic rings. The lowest BCUT2D eigenvalue weighted by molar-refractivity contribution is -0.138. The Morgan fingerprint density at radius 2 is 1.90 bits per heavy atom. The Kier molecular flexibility index (Phi) is 9.57. The van der Waals surface area contributed by atoms with Crippen LogP contribution in [0.4, 0.5) is 0 Å². The zero-order valence-electron chi connectivity index (χ0n) is 12.4. The molecular formula is C14H27NO5. The first-order chi connectivity index (χ1) is 9.72. The van der Waals surface area contributed by atoms with Crippen molar-refractivity contribution in [3.05, 3.63) is 0 Å². The Labute approximate surface area is 121 Å². The summed E-state index contributed by atoms with van der Waals surface area (Å²) in [6.45, 7) is 5.86. The third-order valence-corrected chi connectivity index (χ3v) is 3.42. The minimum absolute atomic E-state index is 0.282. The van der Waals surface area contributed by atoms with Gasteiger partial charge < -0.3 is 24.2 Å². The maximum absolute atomic E-state index is 10.7. The third kappa shape index (κ3) is 8.47. The molecule has 1 aliphatic heterocycles. The highest BCUT2D eigenvalue weighted by atomic mass is 16.5. The molecule has 1 saturated heterocycles. The predicted octanol–water partition coefficient (Wildman–Crippen LogP) is 0.853. The molecule has 1 unspecified atom stereocenters. The van der Waals surface area contributed by atoms with Gasteiger partial charge in [-0.05, 0) is 25.3 Å². The van der Waals surface area contributed by atoms with E-state index in [-0.39, 0.29) is 6.42 Å². The van der Waals surface area contributed by atoms with Gasteiger partial charge in [0, 0.05) is 26.6 Å². The van der Waals surface area contributed by atoms with E-state index < -0.39 is 5.97 Å². The van der Waals surface area contributed by atoms with Crippen molar-refractivity contribution in [2.75, 3.05) is 59.8 Å². The summed E-state index contributed by atoms with van der Waals surface area (Å²) in [7, 11) is 1.65. The molecule has 6 heteroatoms. The van der Waals surface area contributed by atoms with Gasteiger partial charge in [-0.15, -0.1) is 0 Å². The quantitative estimate of drug-likeness (QED) is 0.569. The first-order valence-electron chi connectivity index (χ1n) is 7.31. The van der Waals surface area contributed by atoms with Gasteiger partial charge in [0.05, 0.1) is 33.0 Å². The number of hydrogen-bond donors (Lipinski definition) is 1. The Balaban J connectivity index is 1.97. The van der Waals surface area contributed by atoms with Gasteiger partial charge in [-0.1, -0.05) is 0 Å². The molecule has 1 N–H and O–H groups in total. The van der Waals surface area contributed by atoms with Crippen LogP contribution in [0.15, 0.2) is 0 Å². The highest BCUT2D eigenvalue weighted by molar-refractivity contribution is 5.67. The number of likely N-dealkylation sites (tertiary alicyclic amines) is 1. The first-order valence-corrected chi connectivity index (χ1v) is 7.31. The Bertz CT molecular complexity index is 262. The second-order valence-electron chi connectivity index (χ2n) is 5.12. The zero-order valence-corrected chi connectivity index (χ0v) is 12.4. The zero-order chi connectivity index (χ0) is 14.6.